The van der Waals surface area contributed by atoms with Gasteiger partial charge in [-0.2, -0.15) is 5.10 Å². The van der Waals surface area contributed by atoms with Crippen molar-refractivity contribution in [2.24, 2.45) is 0 Å². The van der Waals surface area contributed by atoms with Crippen LogP contribution in [0.25, 0.3) is 11.4 Å². The SMILES string of the molecule is CCn1ncnc1[C@@H](C)Nc1cc(C)nc(-c2ccccc2O)n1. The summed E-state index contributed by atoms with van der Waals surface area (Å²) in [4.78, 5) is 13.3. The molecule has 2 N–H and O–H groups in total. The van der Waals surface area contributed by atoms with Crippen LogP contribution in [-0.2, 0) is 6.54 Å². The number of nitrogens with zero attached hydrogens (tertiary/aromatic N) is 5. The van der Waals surface area contributed by atoms with Crippen molar-refractivity contribution in [1.82, 2.24) is 24.7 Å². The number of phenolic OH excluding ortho intramolecular Hbond substituents is 1. The van der Waals surface area contributed by atoms with E-state index in [1.54, 1.807) is 24.5 Å². The normalized spacial score (nSPS) is 12.1. The zero-order valence-corrected chi connectivity index (χ0v) is 13.9. The van der Waals surface area contributed by atoms with Crippen LogP contribution in [0.2, 0.25) is 0 Å². The van der Waals surface area contributed by atoms with Crippen molar-refractivity contribution in [2.75, 3.05) is 5.32 Å². The molecular weight excluding hydrogens is 304 g/mol. The van der Waals surface area contributed by atoms with Crippen LogP contribution in [0.5, 0.6) is 5.75 Å². The minimum absolute atomic E-state index is 0.0565. The molecule has 124 valence electrons. The van der Waals surface area contributed by atoms with Crippen molar-refractivity contribution in [3.63, 3.8) is 0 Å². The predicted molar refractivity (Wildman–Crippen MR) is 91.6 cm³/mol. The first-order valence-corrected chi connectivity index (χ1v) is 7.86. The number of aromatic hydroxyl groups is 1. The summed E-state index contributed by atoms with van der Waals surface area (Å²) < 4.78 is 1.84. The fourth-order valence-corrected chi connectivity index (χ4v) is 2.56. The van der Waals surface area contributed by atoms with E-state index >= 15 is 0 Å². The van der Waals surface area contributed by atoms with Gasteiger partial charge in [0.2, 0.25) is 0 Å². The number of para-hydroxylation sites is 1. The van der Waals surface area contributed by atoms with Gasteiger partial charge < -0.3 is 10.4 Å². The molecule has 0 aliphatic heterocycles. The summed E-state index contributed by atoms with van der Waals surface area (Å²) in [7, 11) is 0. The molecule has 3 rings (SSSR count). The summed E-state index contributed by atoms with van der Waals surface area (Å²) in [5, 5.41) is 17.5. The first-order chi connectivity index (χ1) is 11.6. The average molecular weight is 324 g/mol. The molecule has 0 saturated carbocycles. The number of anilines is 1. The van der Waals surface area contributed by atoms with Crippen molar-refractivity contribution in [3.05, 3.63) is 48.2 Å². The Morgan fingerprint density at radius 3 is 2.79 bits per heavy atom. The molecule has 0 amide bonds. The second kappa shape index (κ2) is 6.66. The molecule has 24 heavy (non-hydrogen) atoms. The van der Waals surface area contributed by atoms with Crippen molar-refractivity contribution in [3.8, 4) is 17.1 Å². The fourth-order valence-electron chi connectivity index (χ4n) is 2.56. The molecule has 2 heterocycles. The summed E-state index contributed by atoms with van der Waals surface area (Å²) in [5.74, 6) is 2.17. The number of hydrogen-bond acceptors (Lipinski definition) is 6. The van der Waals surface area contributed by atoms with Crippen LogP contribution in [-0.4, -0.2) is 29.8 Å². The molecule has 1 aromatic carbocycles. The Hall–Kier alpha value is -2.96. The van der Waals surface area contributed by atoms with E-state index in [1.807, 2.05) is 37.6 Å². The number of phenols is 1. The van der Waals surface area contributed by atoms with Gasteiger partial charge in [-0.15, -0.1) is 0 Å². The van der Waals surface area contributed by atoms with Crippen molar-refractivity contribution >= 4 is 5.82 Å². The number of hydrogen-bond donors (Lipinski definition) is 2. The highest BCUT2D eigenvalue weighted by molar-refractivity contribution is 5.64. The van der Waals surface area contributed by atoms with Crippen LogP contribution in [0.15, 0.2) is 36.7 Å². The van der Waals surface area contributed by atoms with Gasteiger partial charge in [0.15, 0.2) is 5.82 Å². The standard InChI is InChI=1S/C17H20N6O/c1-4-23-17(18-10-19-23)12(3)21-15-9-11(2)20-16(22-15)13-7-5-6-8-14(13)24/h5-10,12,24H,4H2,1-3H3,(H,20,21,22)/t12-/m1/s1. The smallest absolute Gasteiger partial charge is 0.165 e. The summed E-state index contributed by atoms with van der Waals surface area (Å²) >= 11 is 0. The third-order valence-corrected chi connectivity index (χ3v) is 3.70. The Kier molecular flexibility index (Phi) is 4.41. The maximum Gasteiger partial charge on any atom is 0.165 e. The van der Waals surface area contributed by atoms with Gasteiger partial charge in [0.1, 0.15) is 23.7 Å². The van der Waals surface area contributed by atoms with E-state index in [9.17, 15) is 5.11 Å². The van der Waals surface area contributed by atoms with Crippen molar-refractivity contribution in [2.45, 2.75) is 33.4 Å². The third-order valence-electron chi connectivity index (χ3n) is 3.70. The first-order valence-electron chi connectivity index (χ1n) is 7.86. The highest BCUT2D eigenvalue weighted by Crippen LogP contribution is 2.27. The lowest BCUT2D eigenvalue weighted by atomic mass is 10.2. The lowest BCUT2D eigenvalue weighted by Gasteiger charge is -2.15. The van der Waals surface area contributed by atoms with Gasteiger partial charge >= 0.3 is 0 Å². The quantitative estimate of drug-likeness (QED) is 0.750. The van der Waals surface area contributed by atoms with E-state index in [0.29, 0.717) is 17.2 Å². The van der Waals surface area contributed by atoms with Gasteiger partial charge in [-0.05, 0) is 32.9 Å². The molecule has 7 heteroatoms. The molecule has 7 nitrogen and oxygen atoms in total. The molecule has 1 atom stereocenters. The number of rotatable bonds is 5. The third kappa shape index (κ3) is 3.19. The Balaban J connectivity index is 1.91. The maximum atomic E-state index is 10.0. The first kappa shape index (κ1) is 15.9. The van der Waals surface area contributed by atoms with Gasteiger partial charge in [0.05, 0.1) is 11.6 Å². The van der Waals surface area contributed by atoms with Crippen LogP contribution in [0.4, 0.5) is 5.82 Å². The molecule has 2 aromatic heterocycles. The van der Waals surface area contributed by atoms with Crippen LogP contribution >= 0.6 is 0 Å². The number of benzene rings is 1. The number of aromatic nitrogens is 5. The van der Waals surface area contributed by atoms with Gasteiger partial charge in [0, 0.05) is 18.3 Å². The lowest BCUT2D eigenvalue weighted by molar-refractivity contribution is 0.477. The van der Waals surface area contributed by atoms with Crippen LogP contribution in [0.3, 0.4) is 0 Å². The van der Waals surface area contributed by atoms with E-state index in [2.05, 4.69) is 25.4 Å². The molecular formula is C17H20N6O. The van der Waals surface area contributed by atoms with Crippen LogP contribution in [0.1, 0.15) is 31.4 Å². The Bertz CT molecular complexity index is 845. The molecule has 0 spiro atoms. The topological polar surface area (TPSA) is 88.8 Å². The molecule has 0 fully saturated rings. The molecule has 3 aromatic rings. The van der Waals surface area contributed by atoms with E-state index < -0.39 is 0 Å². The summed E-state index contributed by atoms with van der Waals surface area (Å²) in [6, 6.07) is 8.85. The molecule has 0 unspecified atom stereocenters. The predicted octanol–water partition coefficient (Wildman–Crippen LogP) is 2.94. The fraction of sp³-hybridized carbons (Fsp3) is 0.294. The van der Waals surface area contributed by atoms with Gasteiger partial charge in [0.25, 0.3) is 0 Å². The zero-order valence-electron chi connectivity index (χ0n) is 13.9. The summed E-state index contributed by atoms with van der Waals surface area (Å²) in [5.41, 5.74) is 1.42. The van der Waals surface area contributed by atoms with E-state index in [1.165, 1.54) is 0 Å². The van der Waals surface area contributed by atoms with Crippen molar-refractivity contribution in [1.29, 1.82) is 0 Å². The highest BCUT2D eigenvalue weighted by Gasteiger charge is 2.15. The Labute approximate surface area is 140 Å². The minimum atomic E-state index is -0.0565. The molecule has 0 aliphatic carbocycles. The van der Waals surface area contributed by atoms with Crippen molar-refractivity contribution < 1.29 is 5.11 Å². The van der Waals surface area contributed by atoms with Crippen LogP contribution < -0.4 is 5.32 Å². The maximum absolute atomic E-state index is 10.0. The minimum Gasteiger partial charge on any atom is -0.507 e. The largest absolute Gasteiger partial charge is 0.507 e. The number of nitrogens with one attached hydrogen (secondary N) is 1. The molecule has 0 aliphatic rings. The molecule has 0 saturated heterocycles. The Morgan fingerprint density at radius 2 is 2.04 bits per heavy atom. The average Bonchev–Trinajstić information content (AvgIpc) is 3.03. The second-order valence-electron chi connectivity index (χ2n) is 5.54. The molecule has 0 bridgehead atoms. The van der Waals surface area contributed by atoms with E-state index in [4.69, 9.17) is 0 Å². The van der Waals surface area contributed by atoms with E-state index in [0.717, 1.165) is 18.1 Å². The van der Waals surface area contributed by atoms with Gasteiger partial charge in [-0.25, -0.2) is 19.6 Å². The highest BCUT2D eigenvalue weighted by atomic mass is 16.3. The summed E-state index contributed by atoms with van der Waals surface area (Å²) in [6.07, 6.45) is 1.55. The summed E-state index contributed by atoms with van der Waals surface area (Å²) in [6.45, 7) is 6.69. The second-order valence-corrected chi connectivity index (χ2v) is 5.54. The van der Waals surface area contributed by atoms with Crippen LogP contribution in [0, 0.1) is 6.92 Å². The monoisotopic (exact) mass is 324 g/mol. The Morgan fingerprint density at radius 1 is 1.25 bits per heavy atom. The number of aryl methyl sites for hydroxylation is 2. The van der Waals surface area contributed by atoms with Gasteiger partial charge in [-0.3, -0.25) is 0 Å². The van der Waals surface area contributed by atoms with Gasteiger partial charge in [-0.1, -0.05) is 12.1 Å². The van der Waals surface area contributed by atoms with E-state index in [-0.39, 0.29) is 11.8 Å². The molecule has 0 radical (unpaired) electrons. The zero-order chi connectivity index (χ0) is 17.1. The lowest BCUT2D eigenvalue weighted by Crippen LogP contribution is -2.15.